The highest BCUT2D eigenvalue weighted by atomic mass is 79.9. The number of hydrogen-bond acceptors (Lipinski definition) is 4. The molecule has 2 N–H and O–H groups in total. The Labute approximate surface area is 161 Å². The number of carbonyl (C=O) groups excluding carboxylic acids is 1. The SMILES string of the molecule is CCCCC(Oc1ccc(Br)cc1)Oc1cccc(N(S)C(N)=O)c1. The number of nitrogens with zero attached hydrogens (tertiary/aromatic N) is 1. The van der Waals surface area contributed by atoms with Gasteiger partial charge in [-0.2, -0.15) is 0 Å². The zero-order chi connectivity index (χ0) is 18.2. The Morgan fingerprint density at radius 3 is 2.52 bits per heavy atom. The molecule has 1 unspecified atom stereocenters. The summed E-state index contributed by atoms with van der Waals surface area (Å²) >= 11 is 7.47. The van der Waals surface area contributed by atoms with Crippen molar-refractivity contribution < 1.29 is 14.3 Å². The molecule has 5 nitrogen and oxygen atoms in total. The van der Waals surface area contributed by atoms with Crippen LogP contribution in [-0.2, 0) is 0 Å². The van der Waals surface area contributed by atoms with Crippen LogP contribution in [0.25, 0.3) is 0 Å². The van der Waals surface area contributed by atoms with Gasteiger partial charge in [0, 0.05) is 17.0 Å². The lowest BCUT2D eigenvalue weighted by Gasteiger charge is -2.21. The van der Waals surface area contributed by atoms with Crippen LogP contribution in [0.1, 0.15) is 26.2 Å². The second-order valence-electron chi connectivity index (χ2n) is 5.41. The van der Waals surface area contributed by atoms with Gasteiger partial charge < -0.3 is 15.2 Å². The van der Waals surface area contributed by atoms with Crippen LogP contribution in [-0.4, -0.2) is 12.3 Å². The van der Waals surface area contributed by atoms with Crippen molar-refractivity contribution in [2.45, 2.75) is 32.5 Å². The zero-order valence-electron chi connectivity index (χ0n) is 13.9. The molecular weight excluding hydrogens is 404 g/mol. The van der Waals surface area contributed by atoms with Crippen molar-refractivity contribution in [3.8, 4) is 11.5 Å². The Morgan fingerprint density at radius 1 is 1.20 bits per heavy atom. The molecule has 0 aliphatic rings. The number of unbranched alkanes of at least 4 members (excludes halogenated alkanes) is 1. The van der Waals surface area contributed by atoms with E-state index in [1.54, 1.807) is 24.3 Å². The van der Waals surface area contributed by atoms with E-state index < -0.39 is 12.3 Å². The first-order chi connectivity index (χ1) is 12.0. The van der Waals surface area contributed by atoms with Crippen LogP contribution in [0.2, 0.25) is 0 Å². The minimum atomic E-state index is -0.658. The van der Waals surface area contributed by atoms with E-state index in [9.17, 15) is 4.79 Å². The third-order valence-electron chi connectivity index (χ3n) is 3.41. The van der Waals surface area contributed by atoms with Crippen molar-refractivity contribution in [1.82, 2.24) is 0 Å². The summed E-state index contributed by atoms with van der Waals surface area (Å²) in [6, 6.07) is 13.9. The van der Waals surface area contributed by atoms with Crippen molar-refractivity contribution in [3.05, 3.63) is 53.0 Å². The summed E-state index contributed by atoms with van der Waals surface area (Å²) in [7, 11) is 0. The van der Waals surface area contributed by atoms with Gasteiger partial charge in [0.1, 0.15) is 11.5 Å². The van der Waals surface area contributed by atoms with E-state index in [0.29, 0.717) is 11.4 Å². The number of hydrogen-bond donors (Lipinski definition) is 2. The Kier molecular flexibility index (Phi) is 7.46. The molecule has 0 aliphatic heterocycles. The van der Waals surface area contributed by atoms with Gasteiger partial charge in [-0.1, -0.05) is 48.2 Å². The first-order valence-electron chi connectivity index (χ1n) is 7.97. The first kappa shape index (κ1) is 19.5. The molecule has 0 aliphatic carbocycles. The van der Waals surface area contributed by atoms with E-state index in [0.717, 1.165) is 33.8 Å². The Hall–Kier alpha value is -1.86. The second-order valence-corrected chi connectivity index (χ2v) is 6.72. The number of primary amides is 1. The molecule has 0 saturated carbocycles. The number of nitrogens with two attached hydrogens (primary N) is 1. The molecule has 2 aromatic carbocycles. The van der Waals surface area contributed by atoms with Crippen LogP contribution in [0.15, 0.2) is 53.0 Å². The quantitative estimate of drug-likeness (QED) is 0.454. The third kappa shape index (κ3) is 6.17. The maximum absolute atomic E-state index is 11.2. The van der Waals surface area contributed by atoms with Crippen LogP contribution in [0.5, 0.6) is 11.5 Å². The maximum atomic E-state index is 11.2. The zero-order valence-corrected chi connectivity index (χ0v) is 16.4. The highest BCUT2D eigenvalue weighted by Crippen LogP contribution is 2.25. The summed E-state index contributed by atoms with van der Waals surface area (Å²) in [5.41, 5.74) is 5.77. The molecule has 7 heteroatoms. The van der Waals surface area contributed by atoms with Gasteiger partial charge in [0.25, 0.3) is 0 Å². The minimum absolute atomic E-state index is 0.432. The Morgan fingerprint density at radius 2 is 1.88 bits per heavy atom. The van der Waals surface area contributed by atoms with E-state index in [-0.39, 0.29) is 0 Å². The number of ether oxygens (including phenoxy) is 2. The summed E-state index contributed by atoms with van der Waals surface area (Å²) in [4.78, 5) is 11.2. The van der Waals surface area contributed by atoms with Gasteiger partial charge in [-0.3, -0.25) is 0 Å². The summed E-state index contributed by atoms with van der Waals surface area (Å²) in [6.07, 6.45) is 2.33. The fourth-order valence-electron chi connectivity index (χ4n) is 2.15. The van der Waals surface area contributed by atoms with Gasteiger partial charge in [0.05, 0.1) is 5.69 Å². The molecule has 134 valence electrons. The molecule has 0 heterocycles. The van der Waals surface area contributed by atoms with Crippen molar-refractivity contribution in [2.24, 2.45) is 5.73 Å². The highest BCUT2D eigenvalue weighted by Gasteiger charge is 2.14. The topological polar surface area (TPSA) is 64.8 Å². The second kappa shape index (κ2) is 9.58. The van der Waals surface area contributed by atoms with Gasteiger partial charge in [0.15, 0.2) is 0 Å². The molecule has 0 saturated heterocycles. The molecule has 2 amide bonds. The third-order valence-corrected chi connectivity index (χ3v) is 4.37. The molecule has 0 aromatic heterocycles. The minimum Gasteiger partial charge on any atom is -0.455 e. The van der Waals surface area contributed by atoms with E-state index in [4.69, 9.17) is 15.2 Å². The Balaban J connectivity index is 2.11. The summed E-state index contributed by atoms with van der Waals surface area (Å²) < 4.78 is 14.0. The average molecular weight is 425 g/mol. The van der Waals surface area contributed by atoms with Gasteiger partial charge in [-0.15, -0.1) is 0 Å². The van der Waals surface area contributed by atoms with E-state index in [2.05, 4.69) is 35.7 Å². The summed E-state index contributed by atoms with van der Waals surface area (Å²) in [5, 5.41) is 0. The molecule has 0 fully saturated rings. The normalized spacial score (nSPS) is 11.6. The van der Waals surface area contributed by atoms with Crippen LogP contribution in [0.3, 0.4) is 0 Å². The predicted octanol–water partition coefficient (Wildman–Crippen LogP) is 5.15. The maximum Gasteiger partial charge on any atom is 0.329 e. The Bertz CT molecular complexity index is 697. The van der Waals surface area contributed by atoms with Crippen LogP contribution in [0, 0.1) is 0 Å². The van der Waals surface area contributed by atoms with E-state index >= 15 is 0 Å². The number of amides is 2. The number of carbonyl (C=O) groups is 1. The van der Waals surface area contributed by atoms with Gasteiger partial charge in [-0.05, 0) is 42.8 Å². The fraction of sp³-hybridized carbons (Fsp3) is 0.278. The molecule has 1 atom stereocenters. The molecule has 0 bridgehead atoms. The lowest BCUT2D eigenvalue weighted by Crippen LogP contribution is -2.27. The molecule has 0 spiro atoms. The van der Waals surface area contributed by atoms with E-state index in [1.165, 1.54) is 0 Å². The monoisotopic (exact) mass is 424 g/mol. The van der Waals surface area contributed by atoms with Crippen LogP contribution >= 0.6 is 28.7 Å². The fourth-order valence-corrected chi connectivity index (χ4v) is 2.53. The highest BCUT2D eigenvalue weighted by molar-refractivity contribution is 9.10. The summed E-state index contributed by atoms with van der Waals surface area (Å²) in [6.45, 7) is 2.11. The van der Waals surface area contributed by atoms with E-state index in [1.807, 2.05) is 24.3 Å². The average Bonchev–Trinajstić information content (AvgIpc) is 2.61. The largest absolute Gasteiger partial charge is 0.455 e. The first-order valence-corrected chi connectivity index (χ1v) is 9.16. The van der Waals surface area contributed by atoms with Gasteiger partial charge in [0.2, 0.25) is 6.29 Å². The smallest absolute Gasteiger partial charge is 0.329 e. The molecule has 2 rings (SSSR count). The number of benzene rings is 2. The number of urea groups is 1. The van der Waals surface area contributed by atoms with Crippen molar-refractivity contribution >= 4 is 40.5 Å². The molecular formula is C18H21BrN2O3S. The van der Waals surface area contributed by atoms with Crippen LogP contribution in [0.4, 0.5) is 10.5 Å². The van der Waals surface area contributed by atoms with Crippen LogP contribution < -0.4 is 19.5 Å². The number of rotatable bonds is 8. The lowest BCUT2D eigenvalue weighted by atomic mass is 10.2. The number of anilines is 1. The molecule has 25 heavy (non-hydrogen) atoms. The number of halogens is 1. The number of thiol groups is 1. The van der Waals surface area contributed by atoms with Gasteiger partial charge in [-0.25, -0.2) is 9.10 Å². The van der Waals surface area contributed by atoms with Gasteiger partial charge >= 0.3 is 6.03 Å². The van der Waals surface area contributed by atoms with Crippen molar-refractivity contribution in [2.75, 3.05) is 4.31 Å². The lowest BCUT2D eigenvalue weighted by molar-refractivity contribution is -0.00208. The summed E-state index contributed by atoms with van der Waals surface area (Å²) in [5.74, 6) is 1.31. The standard InChI is InChI=1S/C18H21BrN2O3S/c1-2-3-7-17(23-15-10-8-13(19)9-11-15)24-16-6-4-5-14(12-16)21(25)18(20)22/h4-6,8-12,17,25H,2-3,7H2,1H3,(H2,20,22). The van der Waals surface area contributed by atoms with Crippen molar-refractivity contribution in [1.29, 1.82) is 0 Å². The molecule has 0 radical (unpaired) electrons. The predicted molar refractivity (Wildman–Crippen MR) is 106 cm³/mol. The molecule has 2 aromatic rings. The van der Waals surface area contributed by atoms with Crippen molar-refractivity contribution in [3.63, 3.8) is 0 Å².